The van der Waals surface area contributed by atoms with E-state index in [9.17, 15) is 14.7 Å². The second-order valence-electron chi connectivity index (χ2n) is 7.09. The summed E-state index contributed by atoms with van der Waals surface area (Å²) in [5.41, 5.74) is 4.05. The van der Waals surface area contributed by atoms with Gasteiger partial charge in [-0.15, -0.1) is 17.9 Å². The maximum atomic E-state index is 13.4. The van der Waals surface area contributed by atoms with E-state index in [4.69, 9.17) is 4.98 Å². The van der Waals surface area contributed by atoms with Gasteiger partial charge in [-0.2, -0.15) is 0 Å². The van der Waals surface area contributed by atoms with Crippen LogP contribution in [0.1, 0.15) is 21.5 Å². The Morgan fingerprint density at radius 3 is 2.74 bits per heavy atom. The average Bonchev–Trinajstić information content (AvgIpc) is 3.19. The molecule has 31 heavy (non-hydrogen) atoms. The van der Waals surface area contributed by atoms with Gasteiger partial charge in [0.1, 0.15) is 4.83 Å². The smallest absolute Gasteiger partial charge is 0.335 e. The summed E-state index contributed by atoms with van der Waals surface area (Å²) in [4.78, 5) is 30.1. The summed E-state index contributed by atoms with van der Waals surface area (Å²) < 4.78 is 1.63. The predicted octanol–water partition coefficient (Wildman–Crippen LogP) is 5.61. The number of aryl methyl sites for hydroxylation is 1. The van der Waals surface area contributed by atoms with Crippen molar-refractivity contribution in [3.63, 3.8) is 0 Å². The fourth-order valence-electron chi connectivity index (χ4n) is 3.29. The Morgan fingerprint density at radius 1 is 1.26 bits per heavy atom. The molecule has 0 aliphatic rings. The van der Waals surface area contributed by atoms with Crippen molar-refractivity contribution in [3.05, 3.63) is 93.6 Å². The van der Waals surface area contributed by atoms with Gasteiger partial charge in [0.15, 0.2) is 5.16 Å². The minimum absolute atomic E-state index is 0.0940. The molecule has 7 heteroatoms. The van der Waals surface area contributed by atoms with Crippen LogP contribution in [0.25, 0.3) is 21.3 Å². The summed E-state index contributed by atoms with van der Waals surface area (Å²) in [7, 11) is 0. The van der Waals surface area contributed by atoms with Crippen LogP contribution < -0.4 is 5.56 Å². The Bertz CT molecular complexity index is 1340. The molecule has 4 aromatic rings. The van der Waals surface area contributed by atoms with Gasteiger partial charge in [-0.1, -0.05) is 59.8 Å². The van der Waals surface area contributed by atoms with Gasteiger partial charge in [0.2, 0.25) is 0 Å². The van der Waals surface area contributed by atoms with Crippen LogP contribution in [0.3, 0.4) is 0 Å². The molecule has 4 rings (SSSR count). The molecule has 0 unspecified atom stereocenters. The lowest BCUT2D eigenvalue weighted by Gasteiger charge is -2.11. The lowest BCUT2D eigenvalue weighted by Crippen LogP contribution is -2.22. The van der Waals surface area contributed by atoms with E-state index < -0.39 is 5.97 Å². The first kappa shape index (κ1) is 21.1. The van der Waals surface area contributed by atoms with E-state index in [1.807, 2.05) is 42.6 Å². The average molecular weight is 449 g/mol. The minimum Gasteiger partial charge on any atom is -0.478 e. The number of benzene rings is 2. The molecular formula is C24H20N2O3S2. The molecule has 2 aromatic heterocycles. The first-order chi connectivity index (χ1) is 15.0. The van der Waals surface area contributed by atoms with Crippen molar-refractivity contribution >= 4 is 39.3 Å². The van der Waals surface area contributed by atoms with E-state index >= 15 is 0 Å². The summed E-state index contributed by atoms with van der Waals surface area (Å²) in [5, 5.41) is 12.4. The topological polar surface area (TPSA) is 72.2 Å². The van der Waals surface area contributed by atoms with E-state index in [1.54, 1.807) is 28.8 Å². The zero-order valence-electron chi connectivity index (χ0n) is 16.9. The number of fused-ring (bicyclic) bond motifs is 1. The van der Waals surface area contributed by atoms with E-state index in [2.05, 4.69) is 6.58 Å². The molecule has 0 saturated carbocycles. The summed E-state index contributed by atoms with van der Waals surface area (Å²) in [6, 6.07) is 14.9. The van der Waals surface area contributed by atoms with Gasteiger partial charge >= 0.3 is 5.97 Å². The van der Waals surface area contributed by atoms with Gasteiger partial charge in [0.05, 0.1) is 10.9 Å². The molecule has 0 aliphatic carbocycles. The quantitative estimate of drug-likeness (QED) is 0.226. The summed E-state index contributed by atoms with van der Waals surface area (Å²) in [6.45, 7) is 6.17. The molecule has 0 atom stereocenters. The summed E-state index contributed by atoms with van der Waals surface area (Å²) in [5.74, 6) is -0.455. The zero-order valence-corrected chi connectivity index (χ0v) is 18.5. The Hall–Kier alpha value is -3.16. The third kappa shape index (κ3) is 4.33. The van der Waals surface area contributed by atoms with E-state index in [-0.39, 0.29) is 11.1 Å². The number of thioether (sulfide) groups is 1. The second-order valence-corrected chi connectivity index (χ2v) is 8.89. The second kappa shape index (κ2) is 8.91. The first-order valence-corrected chi connectivity index (χ1v) is 11.5. The van der Waals surface area contributed by atoms with Crippen LogP contribution in [-0.2, 0) is 12.3 Å². The van der Waals surface area contributed by atoms with Crippen molar-refractivity contribution in [2.75, 3.05) is 0 Å². The molecule has 0 bridgehead atoms. The molecule has 0 spiro atoms. The molecule has 156 valence electrons. The number of aromatic nitrogens is 2. The number of rotatable bonds is 7. The van der Waals surface area contributed by atoms with Gasteiger partial charge in [0.25, 0.3) is 5.56 Å². The van der Waals surface area contributed by atoms with E-state index in [0.717, 1.165) is 22.3 Å². The van der Waals surface area contributed by atoms with E-state index in [1.165, 1.54) is 23.1 Å². The van der Waals surface area contributed by atoms with Gasteiger partial charge in [0, 0.05) is 23.2 Å². The van der Waals surface area contributed by atoms with Crippen LogP contribution in [0.15, 0.2) is 76.5 Å². The normalized spacial score (nSPS) is 11.0. The van der Waals surface area contributed by atoms with Crippen LogP contribution >= 0.6 is 23.1 Å². The van der Waals surface area contributed by atoms with Crippen molar-refractivity contribution < 1.29 is 9.90 Å². The Morgan fingerprint density at radius 2 is 2.03 bits per heavy atom. The fraction of sp³-hybridized carbons (Fsp3) is 0.125. The first-order valence-electron chi connectivity index (χ1n) is 9.63. The highest BCUT2D eigenvalue weighted by Gasteiger charge is 2.17. The molecule has 5 nitrogen and oxygen atoms in total. The van der Waals surface area contributed by atoms with Crippen molar-refractivity contribution in [2.24, 2.45) is 0 Å². The van der Waals surface area contributed by atoms with E-state index in [0.29, 0.717) is 27.7 Å². The Labute approximate surface area is 187 Å². The number of allylic oxidation sites excluding steroid dienone is 1. The molecule has 2 heterocycles. The van der Waals surface area contributed by atoms with Crippen molar-refractivity contribution in [2.45, 2.75) is 24.4 Å². The molecule has 0 radical (unpaired) electrons. The molecule has 0 fully saturated rings. The lowest BCUT2D eigenvalue weighted by atomic mass is 10.1. The van der Waals surface area contributed by atoms with Gasteiger partial charge in [-0.25, -0.2) is 9.78 Å². The largest absolute Gasteiger partial charge is 0.478 e. The van der Waals surface area contributed by atoms with Gasteiger partial charge < -0.3 is 5.11 Å². The monoisotopic (exact) mass is 448 g/mol. The van der Waals surface area contributed by atoms with Crippen LogP contribution in [0.2, 0.25) is 0 Å². The van der Waals surface area contributed by atoms with Crippen LogP contribution in [0, 0.1) is 6.92 Å². The molecule has 0 aliphatic heterocycles. The maximum absolute atomic E-state index is 13.4. The van der Waals surface area contributed by atoms with Crippen LogP contribution in [-0.4, -0.2) is 20.6 Å². The predicted molar refractivity (Wildman–Crippen MR) is 127 cm³/mol. The number of hydrogen-bond acceptors (Lipinski definition) is 5. The standard InChI is InChI=1S/C24H20N2O3S2/c1-3-11-26-22(27)20-19(17-9-7-15(2)8-10-17)14-30-21(20)25-24(26)31-13-16-5-4-6-18(12-16)23(28)29/h3-10,12,14H,1,11,13H2,2H3,(H,28,29). The van der Waals surface area contributed by atoms with Crippen molar-refractivity contribution in [1.29, 1.82) is 0 Å². The number of carbonyl (C=O) groups is 1. The molecule has 0 saturated heterocycles. The third-order valence-electron chi connectivity index (χ3n) is 4.87. The highest BCUT2D eigenvalue weighted by atomic mass is 32.2. The third-order valence-corrected chi connectivity index (χ3v) is 6.79. The number of carboxylic acids is 1. The SMILES string of the molecule is C=CCn1c(SCc2cccc(C(=O)O)c2)nc2scc(-c3ccc(C)cc3)c2c1=O. The Balaban J connectivity index is 1.74. The summed E-state index contributed by atoms with van der Waals surface area (Å²) >= 11 is 2.87. The Kier molecular flexibility index (Phi) is 6.06. The number of hydrogen-bond donors (Lipinski definition) is 1. The van der Waals surface area contributed by atoms with Crippen molar-refractivity contribution in [3.8, 4) is 11.1 Å². The van der Waals surface area contributed by atoms with Gasteiger partial charge in [-0.3, -0.25) is 9.36 Å². The van der Waals surface area contributed by atoms with Gasteiger partial charge in [-0.05, 0) is 30.2 Å². The highest BCUT2D eigenvalue weighted by Crippen LogP contribution is 2.33. The fourth-order valence-corrected chi connectivity index (χ4v) is 5.23. The van der Waals surface area contributed by atoms with Crippen LogP contribution in [0.5, 0.6) is 0 Å². The number of nitrogens with zero attached hydrogens (tertiary/aromatic N) is 2. The molecule has 1 N–H and O–H groups in total. The summed E-state index contributed by atoms with van der Waals surface area (Å²) in [6.07, 6.45) is 1.68. The number of aromatic carboxylic acids is 1. The maximum Gasteiger partial charge on any atom is 0.335 e. The number of carboxylic acid groups (broad SMARTS) is 1. The number of thiophene rings is 1. The molecular weight excluding hydrogens is 428 g/mol. The van der Waals surface area contributed by atoms with Crippen molar-refractivity contribution in [1.82, 2.24) is 9.55 Å². The minimum atomic E-state index is -0.961. The molecule has 2 aromatic carbocycles. The lowest BCUT2D eigenvalue weighted by molar-refractivity contribution is 0.0696. The zero-order chi connectivity index (χ0) is 22.0. The van der Waals surface area contributed by atoms with Crippen LogP contribution in [0.4, 0.5) is 0 Å². The molecule has 0 amide bonds. The highest BCUT2D eigenvalue weighted by molar-refractivity contribution is 7.98.